The van der Waals surface area contributed by atoms with E-state index < -0.39 is 0 Å². The van der Waals surface area contributed by atoms with E-state index in [1.54, 1.807) is 6.20 Å². The predicted octanol–water partition coefficient (Wildman–Crippen LogP) is 4.21. The molecule has 0 amide bonds. The number of rotatable bonds is 3. The van der Waals surface area contributed by atoms with E-state index in [0.29, 0.717) is 0 Å². The molecule has 0 unspecified atom stereocenters. The van der Waals surface area contributed by atoms with Gasteiger partial charge in [-0.3, -0.25) is 0 Å². The summed E-state index contributed by atoms with van der Waals surface area (Å²) in [6.07, 6.45) is 3.65. The lowest BCUT2D eigenvalue weighted by molar-refractivity contribution is 0.926. The van der Waals surface area contributed by atoms with Gasteiger partial charge in [0, 0.05) is 24.4 Å². The predicted molar refractivity (Wildman–Crippen MR) is 95.1 cm³/mol. The van der Waals surface area contributed by atoms with Gasteiger partial charge in [-0.2, -0.15) is 0 Å². The highest BCUT2D eigenvalue weighted by Crippen LogP contribution is 2.25. The summed E-state index contributed by atoms with van der Waals surface area (Å²) in [5, 5.41) is 0. The van der Waals surface area contributed by atoms with E-state index in [-0.39, 0.29) is 0 Å². The third-order valence-electron chi connectivity index (χ3n) is 3.97. The molecule has 0 spiro atoms. The Labute approximate surface area is 140 Å². The summed E-state index contributed by atoms with van der Waals surface area (Å²) in [5.74, 6) is 1.64. The van der Waals surface area contributed by atoms with Gasteiger partial charge in [-0.15, -0.1) is 0 Å². The van der Waals surface area contributed by atoms with Crippen LogP contribution in [-0.2, 0) is 7.05 Å². The van der Waals surface area contributed by atoms with Gasteiger partial charge >= 0.3 is 0 Å². The minimum absolute atomic E-state index is 0.718. The molecule has 0 N–H and O–H groups in total. The highest BCUT2D eigenvalue weighted by Gasteiger charge is 2.12. The highest BCUT2D eigenvalue weighted by atomic mass is 15.1. The molecule has 2 aromatic heterocycles. The fourth-order valence-corrected chi connectivity index (χ4v) is 2.73. The second-order valence-corrected chi connectivity index (χ2v) is 5.52. The minimum Gasteiger partial charge on any atom is -0.326 e. The van der Waals surface area contributed by atoms with E-state index in [1.807, 2.05) is 67.8 Å². The third kappa shape index (κ3) is 2.58. The molecule has 4 rings (SSSR count). The lowest BCUT2D eigenvalue weighted by Crippen LogP contribution is -1.98. The lowest BCUT2D eigenvalue weighted by atomic mass is 10.2. The van der Waals surface area contributed by atoms with Gasteiger partial charge in [-0.1, -0.05) is 60.7 Å². The topological polar surface area (TPSA) is 43.6 Å². The number of hydrogen-bond donors (Lipinski definition) is 0. The van der Waals surface area contributed by atoms with Gasteiger partial charge in [-0.05, 0) is 6.07 Å². The Morgan fingerprint density at radius 3 is 2.12 bits per heavy atom. The summed E-state index contributed by atoms with van der Waals surface area (Å²) in [5.41, 5.74) is 3.92. The minimum atomic E-state index is 0.718. The maximum atomic E-state index is 4.71. The molecule has 2 heterocycles. The molecule has 2 aromatic carbocycles. The first kappa shape index (κ1) is 14.3. The van der Waals surface area contributed by atoms with E-state index >= 15 is 0 Å². The van der Waals surface area contributed by atoms with Crippen molar-refractivity contribution in [3.8, 4) is 34.2 Å². The SMILES string of the molecule is Cn1c(-c2ccnc(-c3ccccc3)n2)cnc1-c1ccccc1. The van der Waals surface area contributed by atoms with Crippen molar-refractivity contribution in [3.63, 3.8) is 0 Å². The summed E-state index contributed by atoms with van der Waals surface area (Å²) >= 11 is 0. The summed E-state index contributed by atoms with van der Waals surface area (Å²) < 4.78 is 2.06. The molecular weight excluding hydrogens is 296 g/mol. The second kappa shape index (κ2) is 6.08. The molecular formula is C20H16N4. The quantitative estimate of drug-likeness (QED) is 0.569. The van der Waals surface area contributed by atoms with Gasteiger partial charge in [0.05, 0.1) is 17.6 Å². The fourth-order valence-electron chi connectivity index (χ4n) is 2.73. The normalized spacial score (nSPS) is 10.7. The first-order valence-corrected chi connectivity index (χ1v) is 7.79. The van der Waals surface area contributed by atoms with Gasteiger partial charge in [0.2, 0.25) is 0 Å². The molecule has 0 bridgehead atoms. The number of nitrogens with zero attached hydrogens (tertiary/aromatic N) is 4. The van der Waals surface area contributed by atoms with Crippen molar-refractivity contribution in [2.24, 2.45) is 7.05 Å². The average molecular weight is 312 g/mol. The van der Waals surface area contributed by atoms with Crippen molar-refractivity contribution in [2.45, 2.75) is 0 Å². The van der Waals surface area contributed by atoms with Crippen LogP contribution in [0, 0.1) is 0 Å². The molecule has 0 saturated carbocycles. The zero-order valence-electron chi connectivity index (χ0n) is 13.3. The molecule has 0 fully saturated rings. The monoisotopic (exact) mass is 312 g/mol. The Morgan fingerprint density at radius 2 is 1.42 bits per heavy atom. The van der Waals surface area contributed by atoms with Crippen LogP contribution in [0.25, 0.3) is 34.2 Å². The number of benzene rings is 2. The molecule has 4 nitrogen and oxygen atoms in total. The van der Waals surface area contributed by atoms with Crippen molar-refractivity contribution in [1.82, 2.24) is 19.5 Å². The van der Waals surface area contributed by atoms with Gasteiger partial charge in [0.1, 0.15) is 5.82 Å². The molecule has 0 atom stereocenters. The van der Waals surface area contributed by atoms with Crippen LogP contribution >= 0.6 is 0 Å². The summed E-state index contributed by atoms with van der Waals surface area (Å²) in [4.78, 5) is 13.7. The molecule has 0 radical (unpaired) electrons. The molecule has 116 valence electrons. The van der Waals surface area contributed by atoms with Gasteiger partial charge in [0.25, 0.3) is 0 Å². The Balaban J connectivity index is 1.77. The zero-order valence-corrected chi connectivity index (χ0v) is 13.3. The lowest BCUT2D eigenvalue weighted by Gasteiger charge is -2.07. The molecule has 0 aliphatic heterocycles. The van der Waals surface area contributed by atoms with Gasteiger partial charge in [0.15, 0.2) is 5.82 Å². The van der Waals surface area contributed by atoms with E-state index in [0.717, 1.165) is 34.2 Å². The van der Waals surface area contributed by atoms with Gasteiger partial charge in [-0.25, -0.2) is 15.0 Å². The summed E-state index contributed by atoms with van der Waals surface area (Å²) in [6.45, 7) is 0. The molecule has 4 aromatic rings. The Morgan fingerprint density at radius 1 is 0.750 bits per heavy atom. The van der Waals surface area contributed by atoms with Crippen LogP contribution in [0.5, 0.6) is 0 Å². The second-order valence-electron chi connectivity index (χ2n) is 5.52. The first-order valence-electron chi connectivity index (χ1n) is 7.79. The first-order chi connectivity index (χ1) is 11.8. The van der Waals surface area contributed by atoms with Crippen molar-refractivity contribution in [1.29, 1.82) is 0 Å². The van der Waals surface area contributed by atoms with Crippen LogP contribution in [0.2, 0.25) is 0 Å². The van der Waals surface area contributed by atoms with Crippen molar-refractivity contribution in [2.75, 3.05) is 0 Å². The molecule has 0 aliphatic rings. The summed E-state index contributed by atoms with van der Waals surface area (Å²) in [6, 6.07) is 22.1. The van der Waals surface area contributed by atoms with E-state index in [9.17, 15) is 0 Å². The van der Waals surface area contributed by atoms with Gasteiger partial charge < -0.3 is 4.57 Å². The van der Waals surface area contributed by atoms with Crippen LogP contribution in [0.1, 0.15) is 0 Å². The number of hydrogen-bond acceptors (Lipinski definition) is 3. The Kier molecular flexibility index (Phi) is 3.63. The average Bonchev–Trinajstić information content (AvgIpc) is 3.05. The van der Waals surface area contributed by atoms with Crippen molar-refractivity contribution in [3.05, 3.63) is 79.1 Å². The van der Waals surface area contributed by atoms with Crippen LogP contribution in [0.3, 0.4) is 0 Å². The molecule has 0 saturated heterocycles. The van der Waals surface area contributed by atoms with E-state index in [1.165, 1.54) is 0 Å². The third-order valence-corrected chi connectivity index (χ3v) is 3.97. The van der Waals surface area contributed by atoms with E-state index in [4.69, 9.17) is 4.98 Å². The number of aromatic nitrogens is 4. The van der Waals surface area contributed by atoms with Crippen LogP contribution in [0.15, 0.2) is 79.1 Å². The number of imidazole rings is 1. The Bertz CT molecular complexity index is 959. The maximum Gasteiger partial charge on any atom is 0.159 e. The largest absolute Gasteiger partial charge is 0.326 e. The fraction of sp³-hybridized carbons (Fsp3) is 0.0500. The Hall–Kier alpha value is -3.27. The van der Waals surface area contributed by atoms with Crippen molar-refractivity contribution >= 4 is 0 Å². The molecule has 4 heteroatoms. The van der Waals surface area contributed by atoms with Crippen molar-refractivity contribution < 1.29 is 0 Å². The maximum absolute atomic E-state index is 4.71. The van der Waals surface area contributed by atoms with Crippen LogP contribution in [0.4, 0.5) is 0 Å². The molecule has 0 aliphatic carbocycles. The van der Waals surface area contributed by atoms with Crippen LogP contribution < -0.4 is 0 Å². The summed E-state index contributed by atoms with van der Waals surface area (Å²) in [7, 11) is 2.01. The van der Waals surface area contributed by atoms with E-state index in [2.05, 4.69) is 26.7 Å². The zero-order chi connectivity index (χ0) is 16.4. The smallest absolute Gasteiger partial charge is 0.159 e. The standard InChI is InChI=1S/C20H16N4/c1-24-18(14-22-20(24)16-10-6-3-7-11-16)17-12-13-21-19(23-17)15-8-4-2-5-9-15/h2-14H,1H3. The van der Waals surface area contributed by atoms with Crippen LogP contribution in [-0.4, -0.2) is 19.5 Å². The molecule has 24 heavy (non-hydrogen) atoms. The highest BCUT2D eigenvalue weighted by molar-refractivity contribution is 5.65.